The van der Waals surface area contributed by atoms with Crippen LogP contribution in [-0.4, -0.2) is 28.3 Å². The van der Waals surface area contributed by atoms with Gasteiger partial charge in [0.05, 0.1) is 5.52 Å². The maximum absolute atomic E-state index is 13.2. The number of fused-ring (bicyclic) bond motifs is 1. The third kappa shape index (κ3) is 3.65. The lowest BCUT2D eigenvalue weighted by Gasteiger charge is -2.05. The SMILES string of the molecule is NC(=O)CCCNC(=O)n1nc(-c2ccc(F)cc2)c2ccccc21. The molecule has 0 saturated carbocycles. The van der Waals surface area contributed by atoms with E-state index in [0.29, 0.717) is 24.2 Å². The molecule has 0 unspecified atom stereocenters. The normalized spacial score (nSPS) is 10.8. The monoisotopic (exact) mass is 340 g/mol. The fourth-order valence-electron chi connectivity index (χ4n) is 2.57. The van der Waals surface area contributed by atoms with Crippen molar-refractivity contribution in [2.24, 2.45) is 5.73 Å². The Morgan fingerprint density at radius 1 is 1.12 bits per heavy atom. The molecule has 0 aliphatic carbocycles. The molecule has 6 nitrogen and oxygen atoms in total. The summed E-state index contributed by atoms with van der Waals surface area (Å²) in [5, 5.41) is 7.90. The minimum Gasteiger partial charge on any atom is -0.370 e. The van der Waals surface area contributed by atoms with Crippen molar-refractivity contribution in [2.45, 2.75) is 12.8 Å². The highest BCUT2D eigenvalue weighted by Gasteiger charge is 2.16. The molecule has 0 radical (unpaired) electrons. The summed E-state index contributed by atoms with van der Waals surface area (Å²) in [5.41, 5.74) is 7.04. The van der Waals surface area contributed by atoms with Gasteiger partial charge in [-0.15, -0.1) is 0 Å². The van der Waals surface area contributed by atoms with Crippen LogP contribution >= 0.6 is 0 Å². The first kappa shape index (κ1) is 16.6. The Balaban J connectivity index is 1.90. The van der Waals surface area contributed by atoms with Crippen molar-refractivity contribution in [3.8, 4) is 11.3 Å². The minimum absolute atomic E-state index is 0.209. The van der Waals surface area contributed by atoms with Crippen molar-refractivity contribution >= 4 is 22.8 Å². The molecule has 0 aliphatic heterocycles. The Morgan fingerprint density at radius 2 is 1.84 bits per heavy atom. The maximum Gasteiger partial charge on any atom is 0.342 e. The van der Waals surface area contributed by atoms with Crippen LogP contribution in [-0.2, 0) is 4.79 Å². The molecule has 0 spiro atoms. The van der Waals surface area contributed by atoms with Crippen molar-refractivity contribution in [3.05, 3.63) is 54.3 Å². The summed E-state index contributed by atoms with van der Waals surface area (Å²) < 4.78 is 14.4. The molecule has 0 fully saturated rings. The molecular weight excluding hydrogens is 323 g/mol. The van der Waals surface area contributed by atoms with Gasteiger partial charge in [0.2, 0.25) is 5.91 Å². The molecule has 3 aromatic rings. The van der Waals surface area contributed by atoms with Gasteiger partial charge in [-0.3, -0.25) is 4.79 Å². The van der Waals surface area contributed by atoms with E-state index in [4.69, 9.17) is 5.73 Å². The Labute approximate surface area is 143 Å². The van der Waals surface area contributed by atoms with Crippen LogP contribution in [0.1, 0.15) is 12.8 Å². The fourth-order valence-corrected chi connectivity index (χ4v) is 2.57. The van der Waals surface area contributed by atoms with Gasteiger partial charge in [-0.1, -0.05) is 18.2 Å². The van der Waals surface area contributed by atoms with Crippen molar-refractivity contribution < 1.29 is 14.0 Å². The number of rotatable bonds is 5. The standard InChI is InChI=1S/C18H17FN4O2/c19-13-9-7-12(8-10-13)17-14-4-1-2-5-15(14)23(22-17)18(25)21-11-3-6-16(20)24/h1-2,4-5,7-10H,3,6,11H2,(H2,20,24)(H,21,25). The summed E-state index contributed by atoms with van der Waals surface area (Å²) in [5.74, 6) is -0.739. The Hall–Kier alpha value is -3.22. The summed E-state index contributed by atoms with van der Waals surface area (Å²) in [6.07, 6.45) is 0.673. The first-order valence-electron chi connectivity index (χ1n) is 7.86. The van der Waals surface area contributed by atoms with Gasteiger partial charge in [-0.25, -0.2) is 9.18 Å². The minimum atomic E-state index is -0.405. The molecule has 1 heterocycles. The first-order valence-corrected chi connectivity index (χ1v) is 7.86. The number of para-hydroxylation sites is 1. The Kier molecular flexibility index (Phi) is 4.74. The summed E-state index contributed by atoms with van der Waals surface area (Å²) in [7, 11) is 0. The molecule has 3 rings (SSSR count). The molecule has 128 valence electrons. The summed E-state index contributed by atoms with van der Waals surface area (Å²) in [4.78, 5) is 23.2. The number of nitrogens with one attached hydrogen (secondary N) is 1. The Bertz CT molecular complexity index is 918. The number of halogens is 1. The van der Waals surface area contributed by atoms with Gasteiger partial charge in [0, 0.05) is 23.9 Å². The van der Waals surface area contributed by atoms with Gasteiger partial charge < -0.3 is 11.1 Å². The molecule has 3 N–H and O–H groups in total. The van der Waals surface area contributed by atoms with Gasteiger partial charge in [-0.2, -0.15) is 9.78 Å². The molecule has 0 saturated heterocycles. The van der Waals surface area contributed by atoms with E-state index < -0.39 is 11.9 Å². The van der Waals surface area contributed by atoms with Gasteiger partial charge in [0.1, 0.15) is 11.5 Å². The van der Waals surface area contributed by atoms with E-state index in [1.165, 1.54) is 16.8 Å². The summed E-state index contributed by atoms with van der Waals surface area (Å²) in [6, 6.07) is 12.9. The van der Waals surface area contributed by atoms with Crippen molar-refractivity contribution in [2.75, 3.05) is 6.54 Å². The van der Waals surface area contributed by atoms with Crippen LogP contribution in [0, 0.1) is 5.82 Å². The number of benzene rings is 2. The maximum atomic E-state index is 13.2. The smallest absolute Gasteiger partial charge is 0.342 e. The average Bonchev–Trinajstić information content (AvgIpc) is 2.99. The van der Waals surface area contributed by atoms with Crippen LogP contribution in [0.25, 0.3) is 22.2 Å². The van der Waals surface area contributed by atoms with Crippen LogP contribution in [0.4, 0.5) is 9.18 Å². The highest BCUT2D eigenvalue weighted by Crippen LogP contribution is 2.27. The molecule has 2 aromatic carbocycles. The lowest BCUT2D eigenvalue weighted by molar-refractivity contribution is -0.118. The zero-order chi connectivity index (χ0) is 17.8. The van der Waals surface area contributed by atoms with Crippen LogP contribution in [0.2, 0.25) is 0 Å². The van der Waals surface area contributed by atoms with E-state index in [0.717, 1.165) is 10.9 Å². The second kappa shape index (κ2) is 7.12. The van der Waals surface area contributed by atoms with Gasteiger partial charge >= 0.3 is 6.03 Å². The zero-order valence-electron chi connectivity index (χ0n) is 13.4. The molecule has 7 heteroatoms. The zero-order valence-corrected chi connectivity index (χ0v) is 13.4. The van der Waals surface area contributed by atoms with Crippen LogP contribution in [0.3, 0.4) is 0 Å². The van der Waals surface area contributed by atoms with Crippen molar-refractivity contribution in [1.29, 1.82) is 0 Å². The number of carbonyl (C=O) groups excluding carboxylic acids is 2. The summed E-state index contributed by atoms with van der Waals surface area (Å²) in [6.45, 7) is 0.321. The number of primary amides is 1. The highest BCUT2D eigenvalue weighted by molar-refractivity contribution is 5.98. The molecule has 0 bridgehead atoms. The van der Waals surface area contributed by atoms with E-state index in [2.05, 4.69) is 10.4 Å². The topological polar surface area (TPSA) is 90.0 Å². The van der Waals surface area contributed by atoms with Crippen molar-refractivity contribution in [3.63, 3.8) is 0 Å². The second-order valence-electron chi connectivity index (χ2n) is 5.59. The summed E-state index contributed by atoms with van der Waals surface area (Å²) >= 11 is 0. The number of nitrogens with zero attached hydrogens (tertiary/aromatic N) is 2. The van der Waals surface area contributed by atoms with Crippen LogP contribution in [0.5, 0.6) is 0 Å². The first-order chi connectivity index (χ1) is 12.1. The second-order valence-corrected chi connectivity index (χ2v) is 5.59. The molecular formula is C18H17FN4O2. The number of amides is 2. The van der Waals surface area contributed by atoms with E-state index in [1.54, 1.807) is 18.2 Å². The van der Waals surface area contributed by atoms with Crippen LogP contribution in [0.15, 0.2) is 48.5 Å². The molecule has 0 atom stereocenters. The molecule has 1 aromatic heterocycles. The van der Waals surface area contributed by atoms with E-state index in [9.17, 15) is 14.0 Å². The number of aromatic nitrogens is 2. The van der Waals surface area contributed by atoms with E-state index >= 15 is 0 Å². The lowest BCUT2D eigenvalue weighted by atomic mass is 10.1. The lowest BCUT2D eigenvalue weighted by Crippen LogP contribution is -2.30. The average molecular weight is 340 g/mol. The third-order valence-electron chi connectivity index (χ3n) is 3.77. The predicted octanol–water partition coefficient (Wildman–Crippen LogP) is 2.67. The quantitative estimate of drug-likeness (QED) is 0.700. The van der Waals surface area contributed by atoms with Gasteiger partial charge in [0.25, 0.3) is 0 Å². The van der Waals surface area contributed by atoms with Crippen LogP contribution < -0.4 is 11.1 Å². The van der Waals surface area contributed by atoms with Gasteiger partial charge in [-0.05, 0) is 36.8 Å². The third-order valence-corrected chi connectivity index (χ3v) is 3.77. The van der Waals surface area contributed by atoms with Gasteiger partial charge in [0.15, 0.2) is 0 Å². The van der Waals surface area contributed by atoms with E-state index in [-0.39, 0.29) is 12.2 Å². The Morgan fingerprint density at radius 3 is 2.56 bits per heavy atom. The number of hydrogen-bond donors (Lipinski definition) is 2. The van der Waals surface area contributed by atoms with E-state index in [1.807, 2.05) is 18.2 Å². The number of nitrogens with two attached hydrogens (primary N) is 1. The fraction of sp³-hybridized carbons (Fsp3) is 0.167. The molecule has 2 amide bonds. The highest BCUT2D eigenvalue weighted by atomic mass is 19.1. The molecule has 25 heavy (non-hydrogen) atoms. The number of carbonyl (C=O) groups is 2. The van der Waals surface area contributed by atoms with Crippen molar-refractivity contribution in [1.82, 2.24) is 15.1 Å². The largest absolute Gasteiger partial charge is 0.370 e. The molecule has 0 aliphatic rings. The number of hydrogen-bond acceptors (Lipinski definition) is 3. The predicted molar refractivity (Wildman–Crippen MR) is 92.4 cm³/mol.